The van der Waals surface area contributed by atoms with E-state index in [1.54, 1.807) is 25.1 Å². The average Bonchev–Trinajstić information content (AvgIpc) is 2.97. The third-order valence-corrected chi connectivity index (χ3v) is 3.97. The second-order valence-corrected chi connectivity index (χ2v) is 5.49. The Morgan fingerprint density at radius 1 is 1.30 bits per heavy atom. The molecule has 2 aliphatic heterocycles. The molecule has 1 aromatic carbocycles. The molecule has 1 N–H and O–H groups in total. The van der Waals surface area contributed by atoms with Crippen molar-refractivity contribution in [2.45, 2.75) is 32.2 Å². The molecule has 2 fully saturated rings. The summed E-state index contributed by atoms with van der Waals surface area (Å²) in [5.74, 6) is -0.256. The summed E-state index contributed by atoms with van der Waals surface area (Å²) in [5.41, 5.74) is 0.824. The van der Waals surface area contributed by atoms with Gasteiger partial charge in [0.1, 0.15) is 17.4 Å². The third-order valence-electron chi connectivity index (χ3n) is 3.97. The van der Waals surface area contributed by atoms with Gasteiger partial charge in [-0.15, -0.1) is 0 Å². The first kappa shape index (κ1) is 13.4. The van der Waals surface area contributed by atoms with Gasteiger partial charge in [-0.1, -0.05) is 19.1 Å². The summed E-state index contributed by atoms with van der Waals surface area (Å²) in [5, 5.41) is 9.91. The quantitative estimate of drug-likeness (QED) is 0.833. The Balaban J connectivity index is 1.72. The number of carbonyl (C=O) groups is 1. The summed E-state index contributed by atoms with van der Waals surface area (Å²) in [6.07, 6.45) is -0.600. The maximum Gasteiger partial charge on any atom is 0.342 e. The molecule has 2 heterocycles. The zero-order chi connectivity index (χ0) is 14.3. The number of fused-ring (bicyclic) bond motifs is 1. The van der Waals surface area contributed by atoms with Gasteiger partial charge in [-0.05, 0) is 18.6 Å². The first-order valence-electron chi connectivity index (χ1n) is 6.80. The molecule has 0 bridgehead atoms. The van der Waals surface area contributed by atoms with Gasteiger partial charge in [0.25, 0.3) is 0 Å². The van der Waals surface area contributed by atoms with Crippen molar-refractivity contribution in [2.75, 3.05) is 13.2 Å². The molecule has 2 aliphatic rings. The lowest BCUT2D eigenvalue weighted by atomic mass is 10.0. The number of benzene rings is 1. The van der Waals surface area contributed by atoms with Crippen molar-refractivity contribution in [3.8, 4) is 5.75 Å². The molecule has 108 valence electrons. The normalized spacial score (nSPS) is 32.1. The van der Waals surface area contributed by atoms with Crippen molar-refractivity contribution in [1.29, 1.82) is 0 Å². The highest BCUT2D eigenvalue weighted by molar-refractivity contribution is 5.93. The first-order chi connectivity index (χ1) is 9.58. The third kappa shape index (κ3) is 2.17. The van der Waals surface area contributed by atoms with Gasteiger partial charge < -0.3 is 19.3 Å². The van der Waals surface area contributed by atoms with E-state index in [2.05, 4.69) is 6.92 Å². The Hall–Kier alpha value is -1.59. The molecule has 20 heavy (non-hydrogen) atoms. The van der Waals surface area contributed by atoms with Crippen LogP contribution in [0.15, 0.2) is 18.2 Å². The van der Waals surface area contributed by atoms with Crippen molar-refractivity contribution in [2.24, 2.45) is 5.92 Å². The molecular weight excluding hydrogens is 260 g/mol. The highest BCUT2D eigenvalue weighted by Crippen LogP contribution is 2.33. The number of phenolic OH excluding ortho intramolecular Hbond substituents is 1. The molecular formula is C15H18O5. The number of para-hydroxylation sites is 1. The Morgan fingerprint density at radius 2 is 2.05 bits per heavy atom. The van der Waals surface area contributed by atoms with E-state index in [0.29, 0.717) is 24.7 Å². The van der Waals surface area contributed by atoms with E-state index in [-0.39, 0.29) is 23.5 Å². The van der Waals surface area contributed by atoms with Crippen molar-refractivity contribution in [1.82, 2.24) is 0 Å². The molecule has 0 aliphatic carbocycles. The van der Waals surface area contributed by atoms with Crippen LogP contribution in [0.2, 0.25) is 0 Å². The van der Waals surface area contributed by atoms with E-state index in [4.69, 9.17) is 14.2 Å². The number of carbonyl (C=O) groups excluding carboxylic acids is 1. The van der Waals surface area contributed by atoms with Crippen LogP contribution in [0.3, 0.4) is 0 Å². The monoisotopic (exact) mass is 278 g/mol. The molecule has 0 saturated carbocycles. The van der Waals surface area contributed by atoms with Crippen molar-refractivity contribution in [3.05, 3.63) is 29.3 Å². The number of hydrogen-bond donors (Lipinski definition) is 1. The maximum absolute atomic E-state index is 12.2. The first-order valence-corrected chi connectivity index (χ1v) is 6.80. The fourth-order valence-electron chi connectivity index (χ4n) is 2.78. The smallest absolute Gasteiger partial charge is 0.342 e. The number of phenols is 1. The molecule has 4 atom stereocenters. The Kier molecular flexibility index (Phi) is 3.40. The fraction of sp³-hybridized carbons (Fsp3) is 0.533. The lowest BCUT2D eigenvalue weighted by molar-refractivity contribution is -0.0160. The van der Waals surface area contributed by atoms with Crippen LogP contribution in [0.4, 0.5) is 0 Å². The van der Waals surface area contributed by atoms with E-state index in [0.717, 1.165) is 0 Å². The number of aromatic hydroxyl groups is 1. The predicted molar refractivity (Wildman–Crippen MR) is 70.7 cm³/mol. The Morgan fingerprint density at radius 3 is 2.85 bits per heavy atom. The van der Waals surface area contributed by atoms with E-state index in [9.17, 15) is 9.90 Å². The van der Waals surface area contributed by atoms with Crippen LogP contribution in [-0.2, 0) is 14.2 Å². The molecule has 5 nitrogen and oxygen atoms in total. The van der Waals surface area contributed by atoms with Gasteiger partial charge in [-0.2, -0.15) is 0 Å². The van der Waals surface area contributed by atoms with Gasteiger partial charge in [0.05, 0.1) is 19.3 Å². The molecule has 1 unspecified atom stereocenters. The molecule has 0 spiro atoms. The lowest BCUT2D eigenvalue weighted by Gasteiger charge is -2.17. The van der Waals surface area contributed by atoms with Gasteiger partial charge in [-0.25, -0.2) is 4.79 Å². The number of hydrogen-bond acceptors (Lipinski definition) is 5. The zero-order valence-corrected chi connectivity index (χ0v) is 11.5. The standard InChI is InChI=1S/C15H18O5/c1-8-4-3-5-10(12(8)16)15(17)20-11-7-19-13-9(2)6-18-14(11)13/h3-5,9,11,13-14,16H,6-7H2,1-2H3/t9?,11-,13-,14-/m1/s1. The van der Waals surface area contributed by atoms with Crippen LogP contribution in [-0.4, -0.2) is 42.6 Å². The predicted octanol–water partition coefficient (Wildman–Crippen LogP) is 1.66. The van der Waals surface area contributed by atoms with E-state index < -0.39 is 12.1 Å². The minimum Gasteiger partial charge on any atom is -0.507 e. The minimum absolute atomic E-state index is 0.00101. The van der Waals surface area contributed by atoms with E-state index in [1.807, 2.05) is 0 Å². The number of rotatable bonds is 2. The number of ether oxygens (including phenoxy) is 3. The topological polar surface area (TPSA) is 65.0 Å². The molecule has 0 amide bonds. The number of aryl methyl sites for hydroxylation is 1. The molecule has 5 heteroatoms. The summed E-state index contributed by atoms with van der Waals surface area (Å²) < 4.78 is 16.7. The average molecular weight is 278 g/mol. The van der Waals surface area contributed by atoms with Gasteiger partial charge in [0, 0.05) is 5.92 Å². The highest BCUT2D eigenvalue weighted by Gasteiger charge is 2.47. The lowest BCUT2D eigenvalue weighted by Crippen LogP contribution is -2.32. The van der Waals surface area contributed by atoms with Crippen LogP contribution in [0.25, 0.3) is 0 Å². The van der Waals surface area contributed by atoms with Crippen LogP contribution < -0.4 is 0 Å². The largest absolute Gasteiger partial charge is 0.507 e. The van der Waals surface area contributed by atoms with E-state index >= 15 is 0 Å². The zero-order valence-electron chi connectivity index (χ0n) is 11.5. The minimum atomic E-state index is -0.538. The molecule has 3 rings (SSSR count). The van der Waals surface area contributed by atoms with Crippen LogP contribution in [0.5, 0.6) is 5.75 Å². The highest BCUT2D eigenvalue weighted by atomic mass is 16.6. The van der Waals surface area contributed by atoms with E-state index in [1.165, 1.54) is 0 Å². The van der Waals surface area contributed by atoms with Crippen molar-refractivity contribution in [3.63, 3.8) is 0 Å². The molecule has 1 aromatic rings. The maximum atomic E-state index is 12.2. The molecule has 0 radical (unpaired) electrons. The van der Waals surface area contributed by atoms with Crippen LogP contribution in [0, 0.1) is 12.8 Å². The second kappa shape index (κ2) is 5.07. The summed E-state index contributed by atoms with van der Waals surface area (Å²) in [6, 6.07) is 5.01. The second-order valence-electron chi connectivity index (χ2n) is 5.49. The number of esters is 1. The molecule has 2 saturated heterocycles. The SMILES string of the molecule is Cc1cccc(C(=O)O[C@@H]2CO[C@@H]3C(C)CO[C@@H]32)c1O. The van der Waals surface area contributed by atoms with Gasteiger partial charge in [0.15, 0.2) is 6.10 Å². The van der Waals surface area contributed by atoms with Crippen LogP contribution in [0.1, 0.15) is 22.8 Å². The summed E-state index contributed by atoms with van der Waals surface area (Å²) in [6.45, 7) is 4.76. The summed E-state index contributed by atoms with van der Waals surface area (Å²) in [4.78, 5) is 12.2. The van der Waals surface area contributed by atoms with Gasteiger partial charge >= 0.3 is 5.97 Å². The molecule has 0 aromatic heterocycles. The Labute approximate surface area is 117 Å². The summed E-state index contributed by atoms with van der Waals surface area (Å²) in [7, 11) is 0. The summed E-state index contributed by atoms with van der Waals surface area (Å²) >= 11 is 0. The van der Waals surface area contributed by atoms with Gasteiger partial charge in [-0.3, -0.25) is 0 Å². The van der Waals surface area contributed by atoms with Gasteiger partial charge in [0.2, 0.25) is 0 Å². The Bertz CT molecular complexity index is 527. The van der Waals surface area contributed by atoms with Crippen molar-refractivity contribution < 1.29 is 24.1 Å². The fourth-order valence-corrected chi connectivity index (χ4v) is 2.78. The van der Waals surface area contributed by atoms with Crippen LogP contribution >= 0.6 is 0 Å². The van der Waals surface area contributed by atoms with Crippen molar-refractivity contribution >= 4 is 5.97 Å².